The molecule has 0 unspecified atom stereocenters. The lowest BCUT2D eigenvalue weighted by Gasteiger charge is -2.06. The molecular formula is C15H23N5O2. The van der Waals surface area contributed by atoms with Gasteiger partial charge in [0, 0.05) is 30.0 Å². The Hall–Kier alpha value is -2.15. The van der Waals surface area contributed by atoms with Crippen molar-refractivity contribution in [1.82, 2.24) is 19.3 Å². The highest BCUT2D eigenvalue weighted by atomic mass is 16.2. The molecule has 0 aromatic carbocycles. The van der Waals surface area contributed by atoms with Crippen LogP contribution in [0, 0.1) is 27.7 Å². The lowest BCUT2D eigenvalue weighted by Crippen LogP contribution is -2.22. The fourth-order valence-corrected chi connectivity index (χ4v) is 2.68. The summed E-state index contributed by atoms with van der Waals surface area (Å²) in [4.78, 5) is 26.9. The quantitative estimate of drug-likeness (QED) is 0.855. The summed E-state index contributed by atoms with van der Waals surface area (Å²) >= 11 is 0. The lowest BCUT2D eigenvalue weighted by molar-refractivity contribution is 0.0877. The molecule has 0 aliphatic heterocycles. The van der Waals surface area contributed by atoms with Gasteiger partial charge < -0.3 is 10.7 Å². The minimum atomic E-state index is -0.181. The van der Waals surface area contributed by atoms with Gasteiger partial charge in [-0.15, -0.1) is 0 Å². The molecule has 0 atom stereocenters. The van der Waals surface area contributed by atoms with Crippen molar-refractivity contribution in [2.75, 3.05) is 6.54 Å². The van der Waals surface area contributed by atoms with Crippen LogP contribution in [0.5, 0.6) is 0 Å². The van der Waals surface area contributed by atoms with Crippen LogP contribution in [0.15, 0.2) is 4.79 Å². The third-order valence-corrected chi connectivity index (χ3v) is 4.11. The second-order valence-corrected chi connectivity index (χ2v) is 5.54. The van der Waals surface area contributed by atoms with Crippen molar-refractivity contribution in [3.05, 3.63) is 38.8 Å². The first-order valence-electron chi connectivity index (χ1n) is 7.41. The third kappa shape index (κ3) is 2.89. The van der Waals surface area contributed by atoms with E-state index in [0.29, 0.717) is 19.5 Å². The minimum absolute atomic E-state index is 0.117. The van der Waals surface area contributed by atoms with Crippen molar-refractivity contribution in [1.29, 1.82) is 0 Å². The van der Waals surface area contributed by atoms with Gasteiger partial charge in [0.05, 0.1) is 5.69 Å². The van der Waals surface area contributed by atoms with E-state index in [9.17, 15) is 9.59 Å². The van der Waals surface area contributed by atoms with Crippen LogP contribution in [0.25, 0.3) is 0 Å². The Morgan fingerprint density at radius 2 is 1.91 bits per heavy atom. The van der Waals surface area contributed by atoms with Crippen LogP contribution in [-0.4, -0.2) is 31.8 Å². The maximum atomic E-state index is 12.4. The van der Waals surface area contributed by atoms with Gasteiger partial charge in [-0.2, -0.15) is 5.10 Å². The lowest BCUT2D eigenvalue weighted by atomic mass is 10.1. The first-order valence-corrected chi connectivity index (χ1v) is 7.41. The average Bonchev–Trinajstić information content (AvgIpc) is 2.88. The summed E-state index contributed by atoms with van der Waals surface area (Å²) in [6.45, 7) is 8.33. The summed E-state index contributed by atoms with van der Waals surface area (Å²) < 4.78 is 3.01. The Labute approximate surface area is 129 Å². The van der Waals surface area contributed by atoms with E-state index in [1.165, 1.54) is 4.68 Å². The van der Waals surface area contributed by atoms with Crippen LogP contribution in [0.4, 0.5) is 0 Å². The molecule has 0 saturated heterocycles. The average molecular weight is 305 g/mol. The molecule has 2 aromatic rings. The predicted molar refractivity (Wildman–Crippen MR) is 84.2 cm³/mol. The molecule has 0 aliphatic carbocycles. The molecule has 2 rings (SSSR count). The molecule has 2 heterocycles. The van der Waals surface area contributed by atoms with E-state index >= 15 is 0 Å². The summed E-state index contributed by atoms with van der Waals surface area (Å²) in [6.07, 6.45) is 0.933. The SMILES string of the molecule is Cc1nn(C(=O)CCn2c(C)c(C)[nH]c2=O)c(C)c1CCN. The van der Waals surface area contributed by atoms with Crippen molar-refractivity contribution < 1.29 is 4.79 Å². The highest BCUT2D eigenvalue weighted by Crippen LogP contribution is 2.14. The number of H-pyrrole nitrogens is 1. The Kier molecular flexibility index (Phi) is 4.65. The number of nitrogens with two attached hydrogens (primary N) is 1. The molecular weight excluding hydrogens is 282 g/mol. The smallest absolute Gasteiger partial charge is 0.325 e. The molecule has 0 spiro atoms. The molecule has 22 heavy (non-hydrogen) atoms. The van der Waals surface area contributed by atoms with Crippen LogP contribution in [0.1, 0.15) is 39.6 Å². The Morgan fingerprint density at radius 3 is 2.45 bits per heavy atom. The van der Waals surface area contributed by atoms with E-state index in [0.717, 1.165) is 28.3 Å². The van der Waals surface area contributed by atoms with Crippen molar-refractivity contribution in [2.24, 2.45) is 5.73 Å². The first kappa shape index (κ1) is 16.2. The van der Waals surface area contributed by atoms with Crippen molar-refractivity contribution in [3.63, 3.8) is 0 Å². The number of nitrogens with one attached hydrogen (secondary N) is 1. The standard InChI is InChI=1S/C15H23N5O2/c1-9-11(3)19(15(22)17-9)8-6-14(21)20-12(4)13(5-7-16)10(2)18-20/h5-8,16H2,1-4H3,(H,17,22). The highest BCUT2D eigenvalue weighted by molar-refractivity contribution is 5.79. The number of aromatic amines is 1. The first-order chi connectivity index (χ1) is 10.4. The third-order valence-electron chi connectivity index (χ3n) is 4.11. The number of carbonyl (C=O) groups excluding carboxylic acids is 1. The Balaban J connectivity index is 2.16. The van der Waals surface area contributed by atoms with Crippen LogP contribution in [0.3, 0.4) is 0 Å². The summed E-state index contributed by atoms with van der Waals surface area (Å²) in [5, 5.41) is 4.31. The second-order valence-electron chi connectivity index (χ2n) is 5.54. The summed E-state index contributed by atoms with van der Waals surface area (Å²) in [5.41, 5.74) is 9.79. The fraction of sp³-hybridized carbons (Fsp3) is 0.533. The number of carbonyl (C=O) groups is 1. The molecule has 0 amide bonds. The van der Waals surface area contributed by atoms with Crippen LogP contribution in [-0.2, 0) is 13.0 Å². The van der Waals surface area contributed by atoms with Gasteiger partial charge in [-0.3, -0.25) is 9.36 Å². The van der Waals surface area contributed by atoms with E-state index in [-0.39, 0.29) is 18.0 Å². The molecule has 0 saturated carbocycles. The number of hydrogen-bond acceptors (Lipinski definition) is 4. The molecule has 0 bridgehead atoms. The van der Waals surface area contributed by atoms with Gasteiger partial charge in [-0.25, -0.2) is 9.48 Å². The normalized spacial score (nSPS) is 11.1. The molecule has 0 radical (unpaired) electrons. The molecule has 120 valence electrons. The number of hydrogen-bond donors (Lipinski definition) is 2. The maximum Gasteiger partial charge on any atom is 0.325 e. The van der Waals surface area contributed by atoms with Crippen molar-refractivity contribution >= 4 is 5.91 Å². The molecule has 0 fully saturated rings. The summed E-state index contributed by atoms with van der Waals surface area (Å²) in [5.74, 6) is -0.117. The largest absolute Gasteiger partial charge is 0.330 e. The van der Waals surface area contributed by atoms with Crippen LogP contribution < -0.4 is 11.4 Å². The number of aromatic nitrogens is 4. The van der Waals surface area contributed by atoms with E-state index in [4.69, 9.17) is 5.73 Å². The molecule has 7 nitrogen and oxygen atoms in total. The molecule has 2 aromatic heterocycles. The number of imidazole rings is 1. The Bertz CT molecular complexity index is 751. The van der Waals surface area contributed by atoms with Gasteiger partial charge in [0.25, 0.3) is 0 Å². The van der Waals surface area contributed by atoms with Crippen molar-refractivity contribution in [2.45, 2.75) is 47.1 Å². The maximum absolute atomic E-state index is 12.4. The minimum Gasteiger partial charge on any atom is -0.330 e. The zero-order valence-electron chi connectivity index (χ0n) is 13.6. The van der Waals surface area contributed by atoms with E-state index in [1.807, 2.05) is 27.7 Å². The van der Waals surface area contributed by atoms with Gasteiger partial charge in [0.1, 0.15) is 0 Å². The van der Waals surface area contributed by atoms with E-state index in [2.05, 4.69) is 10.1 Å². The zero-order valence-corrected chi connectivity index (χ0v) is 13.6. The molecule has 0 aliphatic rings. The van der Waals surface area contributed by atoms with Crippen LogP contribution in [0.2, 0.25) is 0 Å². The summed E-state index contributed by atoms with van der Waals surface area (Å²) in [7, 11) is 0. The number of rotatable bonds is 5. The van der Waals surface area contributed by atoms with Gasteiger partial charge in [0.2, 0.25) is 5.91 Å². The van der Waals surface area contributed by atoms with Crippen molar-refractivity contribution in [3.8, 4) is 0 Å². The second kappa shape index (κ2) is 6.31. The monoisotopic (exact) mass is 305 g/mol. The van der Waals surface area contributed by atoms with Gasteiger partial charge in [-0.05, 0) is 46.2 Å². The van der Waals surface area contributed by atoms with E-state index < -0.39 is 0 Å². The molecule has 7 heteroatoms. The van der Waals surface area contributed by atoms with E-state index in [1.54, 1.807) is 4.57 Å². The predicted octanol–water partition coefficient (Wildman–Crippen LogP) is 0.838. The highest BCUT2D eigenvalue weighted by Gasteiger charge is 2.16. The van der Waals surface area contributed by atoms with Gasteiger partial charge >= 0.3 is 5.69 Å². The van der Waals surface area contributed by atoms with Gasteiger partial charge in [0.15, 0.2) is 0 Å². The zero-order chi connectivity index (χ0) is 16.4. The summed E-state index contributed by atoms with van der Waals surface area (Å²) in [6, 6.07) is 0. The fourth-order valence-electron chi connectivity index (χ4n) is 2.68. The topological polar surface area (TPSA) is 98.7 Å². The molecule has 3 N–H and O–H groups in total. The number of nitrogens with zero attached hydrogens (tertiary/aromatic N) is 3. The Morgan fingerprint density at radius 1 is 1.23 bits per heavy atom. The van der Waals surface area contributed by atoms with Crippen LogP contribution >= 0.6 is 0 Å². The number of aryl methyl sites for hydroxylation is 2. The van der Waals surface area contributed by atoms with Gasteiger partial charge in [-0.1, -0.05) is 0 Å².